The van der Waals surface area contributed by atoms with Crippen LogP contribution in [0.15, 0.2) is 79.0 Å². The molecule has 0 unspecified atom stereocenters. The number of nitrogens with zero attached hydrogens (tertiary/aromatic N) is 2. The van der Waals surface area contributed by atoms with Crippen LogP contribution >= 0.6 is 11.6 Å². The number of ether oxygens (including phenoxy) is 1. The van der Waals surface area contributed by atoms with Gasteiger partial charge in [0.25, 0.3) is 5.91 Å². The first-order valence-electron chi connectivity index (χ1n) is 9.42. The SMILES string of the molecule is Cc1ccc(NC(=O)c2ccc(Oc3ccnc(-c4ccc(F)cc4)n3)cc2)cc1Cl. The number of hydrogen-bond acceptors (Lipinski definition) is 4. The van der Waals surface area contributed by atoms with Crippen LogP contribution in [0.4, 0.5) is 10.1 Å². The highest BCUT2D eigenvalue weighted by Gasteiger charge is 2.09. The number of aromatic nitrogens is 2. The van der Waals surface area contributed by atoms with Crippen molar-refractivity contribution >= 4 is 23.2 Å². The number of halogens is 2. The first-order chi connectivity index (χ1) is 15.0. The third-order valence-electron chi connectivity index (χ3n) is 4.50. The molecule has 1 heterocycles. The van der Waals surface area contributed by atoms with E-state index in [2.05, 4.69) is 15.3 Å². The van der Waals surface area contributed by atoms with Gasteiger partial charge in [-0.25, -0.2) is 9.37 Å². The van der Waals surface area contributed by atoms with Crippen molar-refractivity contribution in [1.82, 2.24) is 9.97 Å². The van der Waals surface area contributed by atoms with Gasteiger partial charge in [0.05, 0.1) is 0 Å². The molecule has 4 aromatic rings. The van der Waals surface area contributed by atoms with Crippen molar-refractivity contribution in [3.05, 3.63) is 101 Å². The van der Waals surface area contributed by atoms with Crippen molar-refractivity contribution in [2.24, 2.45) is 0 Å². The zero-order valence-corrected chi connectivity index (χ0v) is 17.2. The van der Waals surface area contributed by atoms with E-state index in [0.717, 1.165) is 5.56 Å². The Hall–Kier alpha value is -3.77. The third kappa shape index (κ3) is 5.05. The molecule has 31 heavy (non-hydrogen) atoms. The number of rotatable bonds is 5. The largest absolute Gasteiger partial charge is 0.439 e. The Bertz CT molecular complexity index is 1230. The second-order valence-electron chi connectivity index (χ2n) is 6.77. The number of aryl methyl sites for hydroxylation is 1. The maximum atomic E-state index is 13.1. The van der Waals surface area contributed by atoms with Gasteiger partial charge < -0.3 is 10.1 Å². The molecule has 4 rings (SSSR count). The number of amides is 1. The standard InChI is InChI=1S/C24H17ClFN3O2/c1-15-2-9-19(14-21(15)25)28-24(30)17-5-10-20(11-6-17)31-22-12-13-27-23(29-22)16-3-7-18(26)8-4-16/h2-14H,1H3,(H,28,30). The highest BCUT2D eigenvalue weighted by atomic mass is 35.5. The molecule has 3 aromatic carbocycles. The highest BCUT2D eigenvalue weighted by molar-refractivity contribution is 6.31. The molecule has 0 spiro atoms. The molecule has 0 atom stereocenters. The zero-order valence-electron chi connectivity index (χ0n) is 16.5. The lowest BCUT2D eigenvalue weighted by atomic mass is 10.2. The molecule has 7 heteroatoms. The Morgan fingerprint density at radius 3 is 2.45 bits per heavy atom. The summed E-state index contributed by atoms with van der Waals surface area (Å²) in [5.74, 6) is 0.683. The Kier molecular flexibility index (Phi) is 5.91. The maximum absolute atomic E-state index is 13.1. The van der Waals surface area contributed by atoms with Gasteiger partial charge in [-0.15, -0.1) is 0 Å². The van der Waals surface area contributed by atoms with Gasteiger partial charge in [0.1, 0.15) is 11.6 Å². The number of anilines is 1. The van der Waals surface area contributed by atoms with Crippen LogP contribution in [0.2, 0.25) is 5.02 Å². The summed E-state index contributed by atoms with van der Waals surface area (Å²) in [6.07, 6.45) is 1.57. The van der Waals surface area contributed by atoms with E-state index in [1.165, 1.54) is 12.1 Å². The average molecular weight is 434 g/mol. The first kappa shape index (κ1) is 20.5. The van der Waals surface area contributed by atoms with Gasteiger partial charge in [-0.05, 0) is 73.2 Å². The molecule has 1 N–H and O–H groups in total. The Morgan fingerprint density at radius 2 is 1.74 bits per heavy atom. The van der Waals surface area contributed by atoms with Gasteiger partial charge in [-0.1, -0.05) is 17.7 Å². The summed E-state index contributed by atoms with van der Waals surface area (Å²) in [5.41, 5.74) is 2.71. The van der Waals surface area contributed by atoms with Gasteiger partial charge >= 0.3 is 0 Å². The summed E-state index contributed by atoms with van der Waals surface area (Å²) in [7, 11) is 0. The minimum absolute atomic E-state index is 0.257. The summed E-state index contributed by atoms with van der Waals surface area (Å²) in [6, 6.07) is 19.5. The van der Waals surface area contributed by atoms with Gasteiger partial charge in [0, 0.05) is 34.1 Å². The molecule has 0 saturated heterocycles. The fraction of sp³-hybridized carbons (Fsp3) is 0.0417. The molecule has 154 valence electrons. The molecule has 5 nitrogen and oxygen atoms in total. The van der Waals surface area contributed by atoms with Gasteiger partial charge in [-0.3, -0.25) is 4.79 Å². The average Bonchev–Trinajstić information content (AvgIpc) is 2.77. The van der Waals surface area contributed by atoms with Crippen molar-refractivity contribution in [3.63, 3.8) is 0 Å². The Morgan fingerprint density at radius 1 is 1.00 bits per heavy atom. The predicted molar refractivity (Wildman–Crippen MR) is 118 cm³/mol. The molecule has 0 saturated carbocycles. The lowest BCUT2D eigenvalue weighted by molar-refractivity contribution is 0.102. The Labute approximate surface area is 183 Å². The molecule has 0 aliphatic rings. The first-order valence-corrected chi connectivity index (χ1v) is 9.80. The zero-order chi connectivity index (χ0) is 21.8. The van der Waals surface area contributed by atoms with Gasteiger partial charge in [0.2, 0.25) is 5.88 Å². The van der Waals surface area contributed by atoms with Gasteiger partial charge in [0.15, 0.2) is 5.82 Å². The molecule has 1 aromatic heterocycles. The van der Waals surface area contributed by atoms with Crippen LogP contribution in [0.3, 0.4) is 0 Å². The number of nitrogens with one attached hydrogen (secondary N) is 1. The van der Waals surface area contributed by atoms with Crippen molar-refractivity contribution in [1.29, 1.82) is 0 Å². The summed E-state index contributed by atoms with van der Waals surface area (Å²) in [5, 5.41) is 3.40. The quantitative estimate of drug-likeness (QED) is 0.401. The molecule has 0 fully saturated rings. The molecule has 0 aliphatic heterocycles. The van der Waals surface area contributed by atoms with E-state index in [4.69, 9.17) is 16.3 Å². The molecule has 0 radical (unpaired) electrons. The fourth-order valence-corrected chi connectivity index (χ4v) is 2.99. The summed E-state index contributed by atoms with van der Waals surface area (Å²) < 4.78 is 18.9. The second kappa shape index (κ2) is 8.93. The normalized spacial score (nSPS) is 10.5. The van der Waals surface area contributed by atoms with E-state index in [-0.39, 0.29) is 11.7 Å². The minimum atomic E-state index is -0.328. The maximum Gasteiger partial charge on any atom is 0.255 e. The van der Waals surface area contributed by atoms with Gasteiger partial charge in [-0.2, -0.15) is 4.98 Å². The lowest BCUT2D eigenvalue weighted by Crippen LogP contribution is -2.11. The number of carbonyl (C=O) groups excluding carboxylic acids is 1. The van der Waals surface area contributed by atoms with Crippen molar-refractivity contribution < 1.29 is 13.9 Å². The van der Waals surface area contributed by atoms with Crippen LogP contribution in [-0.2, 0) is 0 Å². The van der Waals surface area contributed by atoms with Crippen LogP contribution in [0.5, 0.6) is 11.6 Å². The van der Waals surface area contributed by atoms with E-state index in [1.807, 2.05) is 13.0 Å². The molecule has 0 aliphatic carbocycles. The van der Waals surface area contributed by atoms with Crippen LogP contribution in [0, 0.1) is 12.7 Å². The third-order valence-corrected chi connectivity index (χ3v) is 4.91. The predicted octanol–water partition coefficient (Wildman–Crippen LogP) is 6.29. The van der Waals surface area contributed by atoms with E-state index in [1.54, 1.807) is 60.8 Å². The fourth-order valence-electron chi connectivity index (χ4n) is 2.81. The van der Waals surface area contributed by atoms with E-state index in [0.29, 0.717) is 39.3 Å². The van der Waals surface area contributed by atoms with Crippen molar-refractivity contribution in [2.45, 2.75) is 6.92 Å². The summed E-state index contributed by atoms with van der Waals surface area (Å²) in [4.78, 5) is 21.0. The monoisotopic (exact) mass is 433 g/mol. The van der Waals surface area contributed by atoms with Crippen LogP contribution in [0.25, 0.3) is 11.4 Å². The number of hydrogen-bond donors (Lipinski definition) is 1. The molecular weight excluding hydrogens is 417 g/mol. The molecule has 0 bridgehead atoms. The van der Waals surface area contributed by atoms with Crippen LogP contribution in [-0.4, -0.2) is 15.9 Å². The minimum Gasteiger partial charge on any atom is -0.439 e. The van der Waals surface area contributed by atoms with E-state index >= 15 is 0 Å². The van der Waals surface area contributed by atoms with Crippen LogP contribution in [0.1, 0.15) is 15.9 Å². The highest BCUT2D eigenvalue weighted by Crippen LogP contribution is 2.24. The second-order valence-corrected chi connectivity index (χ2v) is 7.18. The van der Waals surface area contributed by atoms with Crippen LogP contribution < -0.4 is 10.1 Å². The molecule has 1 amide bonds. The summed E-state index contributed by atoms with van der Waals surface area (Å²) in [6.45, 7) is 1.90. The topological polar surface area (TPSA) is 64.1 Å². The summed E-state index contributed by atoms with van der Waals surface area (Å²) >= 11 is 6.10. The lowest BCUT2D eigenvalue weighted by Gasteiger charge is -2.09. The number of carbonyl (C=O) groups is 1. The van der Waals surface area contributed by atoms with E-state index < -0.39 is 0 Å². The van der Waals surface area contributed by atoms with Crippen molar-refractivity contribution in [3.8, 4) is 23.0 Å². The van der Waals surface area contributed by atoms with Crippen molar-refractivity contribution in [2.75, 3.05) is 5.32 Å². The number of benzene rings is 3. The van der Waals surface area contributed by atoms with E-state index in [9.17, 15) is 9.18 Å². The molecular formula is C24H17ClFN3O2. The Balaban J connectivity index is 1.45. The smallest absolute Gasteiger partial charge is 0.255 e.